The van der Waals surface area contributed by atoms with Crippen LogP contribution in [-0.4, -0.2) is 41.7 Å². The van der Waals surface area contributed by atoms with Crippen molar-refractivity contribution in [2.45, 2.75) is 50.7 Å². The Morgan fingerprint density at radius 3 is 2.36 bits per heavy atom. The van der Waals surface area contributed by atoms with E-state index in [0.29, 0.717) is 19.4 Å². The Morgan fingerprint density at radius 2 is 1.93 bits per heavy atom. The van der Waals surface area contributed by atoms with Gasteiger partial charge in [-0.3, -0.25) is 0 Å². The number of likely N-dealkylation sites (N-methyl/N-ethyl adjacent to an activating group) is 1. The van der Waals surface area contributed by atoms with Gasteiger partial charge in [0.25, 0.3) is 0 Å². The molecule has 1 fully saturated rings. The van der Waals surface area contributed by atoms with Crippen LogP contribution in [-0.2, 0) is 0 Å². The summed E-state index contributed by atoms with van der Waals surface area (Å²) in [6.45, 7) is 2.28. The molecule has 1 saturated carbocycles. The summed E-state index contributed by atoms with van der Waals surface area (Å²) in [4.78, 5) is 1.99. The lowest BCUT2D eigenvalue weighted by Crippen LogP contribution is -2.41. The van der Waals surface area contributed by atoms with E-state index < -0.39 is 5.92 Å². The largest absolute Gasteiger partial charge is 0.392 e. The van der Waals surface area contributed by atoms with Gasteiger partial charge in [-0.1, -0.05) is 0 Å². The highest BCUT2D eigenvalue weighted by molar-refractivity contribution is 4.82. The first kappa shape index (κ1) is 11.9. The standard InChI is InChI=1S/C10H19F2NO/c1-8(14)7-13(2)9-3-5-10(11,12)6-4-9/h8-9,14H,3-7H2,1-2H3/t8-/m0/s1. The molecule has 1 atom stereocenters. The van der Waals surface area contributed by atoms with Crippen LogP contribution < -0.4 is 0 Å². The zero-order chi connectivity index (χ0) is 10.8. The second kappa shape index (κ2) is 4.53. The number of hydrogen-bond acceptors (Lipinski definition) is 2. The fraction of sp³-hybridized carbons (Fsp3) is 1.00. The average Bonchev–Trinajstić information content (AvgIpc) is 2.02. The molecule has 4 heteroatoms. The van der Waals surface area contributed by atoms with Gasteiger partial charge in [-0.2, -0.15) is 0 Å². The molecule has 0 radical (unpaired) electrons. The van der Waals surface area contributed by atoms with E-state index in [1.807, 2.05) is 11.9 Å². The highest BCUT2D eigenvalue weighted by atomic mass is 19.3. The van der Waals surface area contributed by atoms with Gasteiger partial charge in [-0.05, 0) is 26.8 Å². The first-order valence-corrected chi connectivity index (χ1v) is 5.17. The van der Waals surface area contributed by atoms with Crippen molar-refractivity contribution in [1.82, 2.24) is 4.90 Å². The Labute approximate surface area is 83.9 Å². The number of nitrogens with zero attached hydrogens (tertiary/aromatic N) is 1. The molecule has 0 spiro atoms. The van der Waals surface area contributed by atoms with Crippen LogP contribution in [0.1, 0.15) is 32.6 Å². The predicted octanol–water partition coefficient (Wildman–Crippen LogP) is 1.88. The highest BCUT2D eigenvalue weighted by Gasteiger charge is 2.36. The zero-order valence-electron chi connectivity index (χ0n) is 8.84. The van der Waals surface area contributed by atoms with Gasteiger partial charge in [0.1, 0.15) is 0 Å². The molecule has 84 valence electrons. The maximum atomic E-state index is 12.8. The summed E-state index contributed by atoms with van der Waals surface area (Å²) in [5, 5.41) is 9.17. The summed E-state index contributed by atoms with van der Waals surface area (Å²) >= 11 is 0. The molecule has 1 N–H and O–H groups in total. The lowest BCUT2D eigenvalue weighted by Gasteiger charge is -2.35. The van der Waals surface area contributed by atoms with Gasteiger partial charge in [0.2, 0.25) is 5.92 Å². The maximum Gasteiger partial charge on any atom is 0.248 e. The van der Waals surface area contributed by atoms with Crippen molar-refractivity contribution in [3.8, 4) is 0 Å². The van der Waals surface area contributed by atoms with E-state index in [-0.39, 0.29) is 25.0 Å². The van der Waals surface area contributed by atoms with E-state index in [4.69, 9.17) is 5.11 Å². The first-order valence-electron chi connectivity index (χ1n) is 5.17. The molecule has 0 aromatic carbocycles. The number of halogens is 2. The Kier molecular flexibility index (Phi) is 3.84. The van der Waals surface area contributed by atoms with E-state index >= 15 is 0 Å². The lowest BCUT2D eigenvalue weighted by molar-refractivity contribution is -0.0536. The monoisotopic (exact) mass is 207 g/mol. The van der Waals surface area contributed by atoms with Gasteiger partial charge in [0, 0.05) is 25.4 Å². The molecule has 1 aliphatic carbocycles. The molecule has 0 aliphatic heterocycles. The van der Waals surface area contributed by atoms with Gasteiger partial charge in [-0.25, -0.2) is 8.78 Å². The van der Waals surface area contributed by atoms with Crippen LogP contribution in [0.25, 0.3) is 0 Å². The van der Waals surface area contributed by atoms with E-state index in [1.54, 1.807) is 6.92 Å². The summed E-state index contributed by atoms with van der Waals surface area (Å²) < 4.78 is 25.7. The fourth-order valence-corrected chi connectivity index (χ4v) is 2.03. The minimum Gasteiger partial charge on any atom is -0.392 e. The van der Waals surface area contributed by atoms with Crippen LogP contribution in [0.3, 0.4) is 0 Å². The Balaban J connectivity index is 2.34. The summed E-state index contributed by atoms with van der Waals surface area (Å²) in [6.07, 6.45) is 0.665. The molecule has 2 nitrogen and oxygen atoms in total. The topological polar surface area (TPSA) is 23.5 Å². The summed E-state index contributed by atoms with van der Waals surface area (Å²) in [7, 11) is 1.89. The third-order valence-electron chi connectivity index (χ3n) is 2.86. The number of rotatable bonds is 3. The predicted molar refractivity (Wildman–Crippen MR) is 51.5 cm³/mol. The minimum atomic E-state index is -2.46. The van der Waals surface area contributed by atoms with Crippen molar-refractivity contribution < 1.29 is 13.9 Å². The third-order valence-corrected chi connectivity index (χ3v) is 2.86. The van der Waals surface area contributed by atoms with Gasteiger partial charge < -0.3 is 10.0 Å². The molecule has 0 heterocycles. The van der Waals surface area contributed by atoms with Gasteiger partial charge in [0.15, 0.2) is 0 Å². The van der Waals surface area contributed by atoms with Crippen LogP contribution >= 0.6 is 0 Å². The van der Waals surface area contributed by atoms with Crippen molar-refractivity contribution in [1.29, 1.82) is 0 Å². The Hall–Kier alpha value is -0.220. The quantitative estimate of drug-likeness (QED) is 0.763. The number of aliphatic hydroxyl groups excluding tert-OH is 1. The zero-order valence-corrected chi connectivity index (χ0v) is 8.84. The van der Waals surface area contributed by atoms with E-state index in [9.17, 15) is 8.78 Å². The van der Waals surface area contributed by atoms with Gasteiger partial charge in [-0.15, -0.1) is 0 Å². The van der Waals surface area contributed by atoms with E-state index in [2.05, 4.69) is 0 Å². The summed E-state index contributed by atoms with van der Waals surface area (Å²) in [6, 6.07) is 0.212. The van der Waals surface area contributed by atoms with Crippen LogP contribution in [0.4, 0.5) is 8.78 Å². The molecule has 0 aromatic rings. The molecule has 0 saturated heterocycles. The molecule has 0 amide bonds. The number of hydrogen-bond donors (Lipinski definition) is 1. The molecule has 0 bridgehead atoms. The van der Waals surface area contributed by atoms with Crippen LogP contribution in [0.5, 0.6) is 0 Å². The molecular weight excluding hydrogens is 188 g/mol. The highest BCUT2D eigenvalue weighted by Crippen LogP contribution is 2.34. The average molecular weight is 207 g/mol. The van der Waals surface area contributed by atoms with Crippen molar-refractivity contribution in [2.75, 3.05) is 13.6 Å². The van der Waals surface area contributed by atoms with E-state index in [0.717, 1.165) is 0 Å². The summed E-state index contributed by atoms with van der Waals surface area (Å²) in [5.41, 5.74) is 0. The lowest BCUT2D eigenvalue weighted by atomic mass is 9.91. The summed E-state index contributed by atoms with van der Waals surface area (Å²) in [5.74, 6) is -2.46. The van der Waals surface area contributed by atoms with Crippen LogP contribution in [0.2, 0.25) is 0 Å². The van der Waals surface area contributed by atoms with Gasteiger partial charge in [0.05, 0.1) is 6.10 Å². The molecule has 1 aliphatic rings. The van der Waals surface area contributed by atoms with E-state index in [1.165, 1.54) is 0 Å². The Morgan fingerprint density at radius 1 is 1.43 bits per heavy atom. The maximum absolute atomic E-state index is 12.8. The Bertz CT molecular complexity index is 175. The van der Waals surface area contributed by atoms with Crippen molar-refractivity contribution in [3.63, 3.8) is 0 Å². The molecule has 0 aromatic heterocycles. The molecular formula is C10H19F2NO. The third kappa shape index (κ3) is 3.50. The smallest absolute Gasteiger partial charge is 0.248 e. The van der Waals surface area contributed by atoms with Crippen LogP contribution in [0, 0.1) is 0 Å². The number of aliphatic hydroxyl groups is 1. The molecule has 0 unspecified atom stereocenters. The number of alkyl halides is 2. The van der Waals surface area contributed by atoms with Crippen LogP contribution in [0.15, 0.2) is 0 Å². The van der Waals surface area contributed by atoms with Crippen molar-refractivity contribution >= 4 is 0 Å². The van der Waals surface area contributed by atoms with Crippen molar-refractivity contribution in [2.24, 2.45) is 0 Å². The first-order chi connectivity index (χ1) is 6.41. The molecule has 1 rings (SSSR count). The minimum absolute atomic E-state index is 0.0121. The second-order valence-corrected chi connectivity index (χ2v) is 4.38. The van der Waals surface area contributed by atoms with Crippen molar-refractivity contribution in [3.05, 3.63) is 0 Å². The SMILES string of the molecule is C[C@H](O)CN(C)C1CCC(F)(F)CC1. The fourth-order valence-electron chi connectivity index (χ4n) is 2.03. The normalized spacial score (nSPS) is 25.3. The van der Waals surface area contributed by atoms with Gasteiger partial charge >= 0.3 is 0 Å². The second-order valence-electron chi connectivity index (χ2n) is 4.38. The molecule has 14 heavy (non-hydrogen) atoms.